The van der Waals surface area contributed by atoms with Crippen LogP contribution in [0.5, 0.6) is 0 Å². The van der Waals surface area contributed by atoms with Gasteiger partial charge in [-0.3, -0.25) is 0 Å². The number of aliphatic hydroxyl groups is 2. The zero-order valence-electron chi connectivity index (χ0n) is 9.72. The minimum atomic E-state index is -1.67. The van der Waals surface area contributed by atoms with Crippen LogP contribution in [0.2, 0.25) is 0 Å². The SMILES string of the molecule is Nc1ncnn2c(C3O[C@H](CO)[C@@H](O)[C@H]3F)cnc12. The summed E-state index contributed by atoms with van der Waals surface area (Å²) in [6.07, 6.45) is -2.51. The second-order valence-corrected chi connectivity index (χ2v) is 4.28. The van der Waals surface area contributed by atoms with Gasteiger partial charge in [-0.15, -0.1) is 0 Å². The van der Waals surface area contributed by atoms with Crippen molar-refractivity contribution in [3.05, 3.63) is 18.2 Å². The molecule has 1 unspecified atom stereocenters. The first kappa shape index (κ1) is 12.2. The number of hydrogen-bond donors (Lipinski definition) is 3. The van der Waals surface area contributed by atoms with Gasteiger partial charge in [0.05, 0.1) is 18.5 Å². The predicted octanol–water partition coefficient (Wildman–Crippen LogP) is -1.16. The van der Waals surface area contributed by atoms with Crippen molar-refractivity contribution in [2.75, 3.05) is 12.3 Å². The highest BCUT2D eigenvalue weighted by molar-refractivity contribution is 5.58. The van der Waals surface area contributed by atoms with Crippen LogP contribution in [-0.4, -0.2) is 54.8 Å². The maximum Gasteiger partial charge on any atom is 0.196 e. The van der Waals surface area contributed by atoms with Gasteiger partial charge in [-0.25, -0.2) is 18.9 Å². The van der Waals surface area contributed by atoms with Crippen LogP contribution in [0.1, 0.15) is 11.8 Å². The summed E-state index contributed by atoms with van der Waals surface area (Å²) >= 11 is 0. The number of nitrogen functional groups attached to an aromatic ring is 1. The highest BCUT2D eigenvalue weighted by atomic mass is 19.1. The molecule has 0 aliphatic carbocycles. The molecule has 2 aromatic heterocycles. The molecule has 102 valence electrons. The number of halogens is 1. The molecule has 1 aliphatic rings. The quantitative estimate of drug-likeness (QED) is 0.629. The molecular weight excluding hydrogens is 257 g/mol. The highest BCUT2D eigenvalue weighted by Crippen LogP contribution is 2.35. The van der Waals surface area contributed by atoms with Crippen molar-refractivity contribution >= 4 is 11.5 Å². The van der Waals surface area contributed by atoms with Crippen LogP contribution in [0.15, 0.2) is 12.5 Å². The van der Waals surface area contributed by atoms with E-state index in [4.69, 9.17) is 15.6 Å². The Morgan fingerprint density at radius 1 is 1.47 bits per heavy atom. The molecule has 4 atom stereocenters. The maximum absolute atomic E-state index is 14.0. The molecule has 3 rings (SSSR count). The van der Waals surface area contributed by atoms with Crippen molar-refractivity contribution in [2.45, 2.75) is 24.5 Å². The van der Waals surface area contributed by atoms with Gasteiger partial charge >= 0.3 is 0 Å². The van der Waals surface area contributed by atoms with E-state index in [1.807, 2.05) is 0 Å². The highest BCUT2D eigenvalue weighted by Gasteiger charge is 2.46. The molecule has 0 spiro atoms. The fourth-order valence-corrected chi connectivity index (χ4v) is 2.16. The number of alkyl halides is 1. The minimum absolute atomic E-state index is 0.161. The molecule has 1 saturated heterocycles. The molecular formula is C10H12FN5O3. The lowest BCUT2D eigenvalue weighted by Gasteiger charge is -2.11. The Labute approximate surface area is 106 Å². The normalized spacial score (nSPS) is 31.1. The summed E-state index contributed by atoms with van der Waals surface area (Å²) in [7, 11) is 0. The fourth-order valence-electron chi connectivity index (χ4n) is 2.16. The first-order valence-electron chi connectivity index (χ1n) is 5.66. The number of hydrogen-bond acceptors (Lipinski definition) is 7. The van der Waals surface area contributed by atoms with Gasteiger partial charge in [-0.1, -0.05) is 0 Å². The average molecular weight is 269 g/mol. The van der Waals surface area contributed by atoms with Gasteiger partial charge < -0.3 is 20.7 Å². The number of aromatic nitrogens is 4. The third kappa shape index (κ3) is 1.74. The number of imidazole rings is 1. The number of aliphatic hydroxyl groups excluding tert-OH is 2. The van der Waals surface area contributed by atoms with Crippen LogP contribution in [-0.2, 0) is 4.74 Å². The summed E-state index contributed by atoms with van der Waals surface area (Å²) in [4.78, 5) is 7.77. The van der Waals surface area contributed by atoms with E-state index in [1.165, 1.54) is 17.0 Å². The molecule has 0 amide bonds. The van der Waals surface area contributed by atoms with Gasteiger partial charge in [-0.2, -0.15) is 5.10 Å². The fraction of sp³-hybridized carbons (Fsp3) is 0.500. The molecule has 19 heavy (non-hydrogen) atoms. The van der Waals surface area contributed by atoms with E-state index in [0.717, 1.165) is 0 Å². The van der Waals surface area contributed by atoms with Crippen molar-refractivity contribution in [2.24, 2.45) is 0 Å². The van der Waals surface area contributed by atoms with Gasteiger partial charge in [0.2, 0.25) is 0 Å². The van der Waals surface area contributed by atoms with Gasteiger partial charge in [0.15, 0.2) is 17.6 Å². The summed E-state index contributed by atoms with van der Waals surface area (Å²) in [6, 6.07) is 0. The predicted molar refractivity (Wildman–Crippen MR) is 60.8 cm³/mol. The van der Waals surface area contributed by atoms with E-state index >= 15 is 0 Å². The van der Waals surface area contributed by atoms with E-state index in [-0.39, 0.29) is 11.5 Å². The summed E-state index contributed by atoms with van der Waals surface area (Å²) in [6.45, 7) is -0.466. The van der Waals surface area contributed by atoms with E-state index in [1.54, 1.807) is 0 Å². The topological polar surface area (TPSA) is 119 Å². The lowest BCUT2D eigenvalue weighted by Crippen LogP contribution is -2.30. The Morgan fingerprint density at radius 2 is 2.26 bits per heavy atom. The molecule has 0 aromatic carbocycles. The Kier molecular flexibility index (Phi) is 2.81. The van der Waals surface area contributed by atoms with Crippen LogP contribution in [0.4, 0.5) is 10.2 Å². The number of rotatable bonds is 2. The van der Waals surface area contributed by atoms with Crippen LogP contribution >= 0.6 is 0 Å². The Balaban J connectivity index is 2.04. The summed E-state index contributed by atoms with van der Waals surface area (Å²) in [5, 5.41) is 22.5. The van der Waals surface area contributed by atoms with Crippen molar-refractivity contribution in [1.29, 1.82) is 0 Å². The average Bonchev–Trinajstić information content (AvgIpc) is 2.94. The molecule has 0 saturated carbocycles. The molecule has 0 bridgehead atoms. The van der Waals surface area contributed by atoms with E-state index < -0.39 is 31.1 Å². The molecule has 0 radical (unpaired) electrons. The van der Waals surface area contributed by atoms with Crippen LogP contribution in [0, 0.1) is 0 Å². The second kappa shape index (κ2) is 4.37. The Morgan fingerprint density at radius 3 is 2.95 bits per heavy atom. The zero-order chi connectivity index (χ0) is 13.6. The molecule has 3 heterocycles. The molecule has 2 aromatic rings. The minimum Gasteiger partial charge on any atom is -0.394 e. The summed E-state index contributed by atoms with van der Waals surface area (Å²) < 4.78 is 20.6. The van der Waals surface area contributed by atoms with Gasteiger partial charge in [-0.05, 0) is 0 Å². The molecule has 4 N–H and O–H groups in total. The van der Waals surface area contributed by atoms with Crippen LogP contribution in [0.25, 0.3) is 5.65 Å². The van der Waals surface area contributed by atoms with E-state index in [0.29, 0.717) is 5.69 Å². The number of anilines is 1. The van der Waals surface area contributed by atoms with Gasteiger partial charge in [0.1, 0.15) is 24.6 Å². The number of ether oxygens (including phenoxy) is 1. The lowest BCUT2D eigenvalue weighted by atomic mass is 10.1. The summed E-state index contributed by atoms with van der Waals surface area (Å²) in [5.41, 5.74) is 6.22. The second-order valence-electron chi connectivity index (χ2n) is 4.28. The molecule has 1 aliphatic heterocycles. The molecule has 9 heteroatoms. The van der Waals surface area contributed by atoms with E-state index in [2.05, 4.69) is 15.1 Å². The first-order valence-corrected chi connectivity index (χ1v) is 5.66. The zero-order valence-corrected chi connectivity index (χ0v) is 9.72. The third-order valence-corrected chi connectivity index (χ3v) is 3.15. The Bertz CT molecular complexity index is 606. The monoisotopic (exact) mass is 269 g/mol. The first-order chi connectivity index (χ1) is 9.13. The standard InChI is InChI=1S/C10H12FN5O3/c11-6-7(18)5(2-17)19-8(6)4-1-13-10-9(12)14-3-15-16(4)10/h1,3,5-8,17-18H,2H2,(H2,12,14,15)/t5-,6-,7-,8?/m1/s1. The van der Waals surface area contributed by atoms with Crippen molar-refractivity contribution in [1.82, 2.24) is 19.6 Å². The molecule has 1 fully saturated rings. The van der Waals surface area contributed by atoms with Gasteiger partial charge in [0, 0.05) is 0 Å². The van der Waals surface area contributed by atoms with Gasteiger partial charge in [0.25, 0.3) is 0 Å². The smallest absolute Gasteiger partial charge is 0.196 e. The van der Waals surface area contributed by atoms with Crippen molar-refractivity contribution in [3.8, 4) is 0 Å². The number of nitrogens with two attached hydrogens (primary N) is 1. The lowest BCUT2D eigenvalue weighted by molar-refractivity contribution is -0.0241. The van der Waals surface area contributed by atoms with Crippen LogP contribution in [0.3, 0.4) is 0 Å². The van der Waals surface area contributed by atoms with Crippen LogP contribution < -0.4 is 5.73 Å². The van der Waals surface area contributed by atoms with Crippen molar-refractivity contribution in [3.63, 3.8) is 0 Å². The van der Waals surface area contributed by atoms with E-state index in [9.17, 15) is 9.50 Å². The largest absolute Gasteiger partial charge is 0.394 e. The molecule has 8 nitrogen and oxygen atoms in total. The number of nitrogens with zero attached hydrogens (tertiary/aromatic N) is 4. The summed E-state index contributed by atoms with van der Waals surface area (Å²) in [5.74, 6) is 0.161. The van der Waals surface area contributed by atoms with Crippen molar-refractivity contribution < 1.29 is 19.3 Å². The number of fused-ring (bicyclic) bond motifs is 1. The maximum atomic E-state index is 14.0. The Hall–Kier alpha value is -1.84. The third-order valence-electron chi connectivity index (χ3n) is 3.15.